The largest absolute Gasteiger partial charge is 0.352 e. The van der Waals surface area contributed by atoms with E-state index >= 15 is 0 Å². The Balaban J connectivity index is 2.06. The molecule has 0 aliphatic rings. The van der Waals surface area contributed by atoms with Crippen LogP contribution < -0.4 is 10.6 Å². The first kappa shape index (κ1) is 11.9. The molecule has 0 spiro atoms. The van der Waals surface area contributed by atoms with Crippen LogP contribution in [0.2, 0.25) is 0 Å². The number of aromatic nitrogens is 3. The van der Waals surface area contributed by atoms with E-state index in [1.807, 2.05) is 31.0 Å². The molecule has 0 amide bonds. The van der Waals surface area contributed by atoms with E-state index in [1.54, 1.807) is 11.3 Å². The van der Waals surface area contributed by atoms with Crippen LogP contribution in [0.1, 0.15) is 16.4 Å². The Morgan fingerprint density at radius 2 is 2.12 bits per heavy atom. The van der Waals surface area contributed by atoms with Crippen LogP contribution in [-0.2, 0) is 13.1 Å². The molecule has 0 saturated heterocycles. The van der Waals surface area contributed by atoms with Crippen molar-refractivity contribution in [3.05, 3.63) is 33.9 Å². The minimum atomic E-state index is 0.419. The highest BCUT2D eigenvalue weighted by molar-refractivity contribution is 7.09. The summed E-state index contributed by atoms with van der Waals surface area (Å²) in [7, 11) is 1.97. The van der Waals surface area contributed by atoms with Crippen molar-refractivity contribution in [2.24, 2.45) is 5.73 Å². The maximum Gasteiger partial charge on any atom is 0.151 e. The summed E-state index contributed by atoms with van der Waals surface area (Å²) in [6, 6.07) is 3.82. The predicted octanol–water partition coefficient (Wildman–Crippen LogP) is 1.34. The van der Waals surface area contributed by atoms with Crippen molar-refractivity contribution in [3.63, 3.8) is 0 Å². The lowest BCUT2D eigenvalue weighted by atomic mass is 10.3. The maximum absolute atomic E-state index is 5.48. The number of aryl methyl sites for hydroxylation is 1. The Labute approximate surface area is 104 Å². The maximum atomic E-state index is 5.48. The second-order valence-corrected chi connectivity index (χ2v) is 4.86. The molecule has 5 nitrogen and oxygen atoms in total. The molecule has 2 heterocycles. The number of nitrogens with two attached hydrogens (primary N) is 1. The average molecular weight is 249 g/mol. The molecular weight excluding hydrogens is 234 g/mol. The SMILES string of the molecule is Cc1nc(CN(C)c2ccc(CN)nn2)cs1. The number of anilines is 1. The highest BCUT2D eigenvalue weighted by Gasteiger charge is 2.06. The lowest BCUT2D eigenvalue weighted by molar-refractivity contribution is 0.824. The molecule has 2 N–H and O–H groups in total. The third-order valence-corrected chi connectivity index (χ3v) is 3.19. The van der Waals surface area contributed by atoms with E-state index in [9.17, 15) is 0 Å². The summed E-state index contributed by atoms with van der Waals surface area (Å²) < 4.78 is 0. The van der Waals surface area contributed by atoms with Gasteiger partial charge in [0.1, 0.15) is 0 Å². The zero-order valence-corrected chi connectivity index (χ0v) is 10.7. The van der Waals surface area contributed by atoms with E-state index in [4.69, 9.17) is 5.73 Å². The van der Waals surface area contributed by atoms with Crippen molar-refractivity contribution in [1.82, 2.24) is 15.2 Å². The summed E-state index contributed by atoms with van der Waals surface area (Å²) in [5.74, 6) is 0.827. The molecule has 0 aliphatic carbocycles. The zero-order valence-electron chi connectivity index (χ0n) is 9.92. The first-order valence-electron chi connectivity index (χ1n) is 5.34. The van der Waals surface area contributed by atoms with Crippen LogP contribution in [0.15, 0.2) is 17.5 Å². The molecule has 0 aromatic carbocycles. The van der Waals surface area contributed by atoms with Gasteiger partial charge in [-0.1, -0.05) is 0 Å². The zero-order chi connectivity index (χ0) is 12.3. The molecule has 2 aromatic heterocycles. The summed E-state index contributed by atoms with van der Waals surface area (Å²) >= 11 is 1.66. The van der Waals surface area contributed by atoms with Gasteiger partial charge in [-0.15, -0.1) is 16.4 Å². The minimum absolute atomic E-state index is 0.419. The Hall–Kier alpha value is -1.53. The molecular formula is C11H15N5S. The van der Waals surface area contributed by atoms with E-state index in [0.717, 1.165) is 28.8 Å². The van der Waals surface area contributed by atoms with E-state index in [2.05, 4.69) is 20.6 Å². The van der Waals surface area contributed by atoms with Crippen LogP contribution in [0.4, 0.5) is 5.82 Å². The van der Waals surface area contributed by atoms with Gasteiger partial charge in [0.15, 0.2) is 5.82 Å². The lowest BCUT2D eigenvalue weighted by Crippen LogP contribution is -2.18. The summed E-state index contributed by atoms with van der Waals surface area (Å²) in [6.45, 7) is 3.16. The second-order valence-electron chi connectivity index (χ2n) is 3.80. The summed E-state index contributed by atoms with van der Waals surface area (Å²) in [5.41, 5.74) is 7.33. The molecule has 90 valence electrons. The van der Waals surface area contributed by atoms with E-state index in [-0.39, 0.29) is 0 Å². The molecule has 2 aromatic rings. The Bertz CT molecular complexity index is 479. The number of rotatable bonds is 4. The van der Waals surface area contributed by atoms with Gasteiger partial charge in [0.25, 0.3) is 0 Å². The monoisotopic (exact) mass is 249 g/mol. The fourth-order valence-electron chi connectivity index (χ4n) is 1.47. The van der Waals surface area contributed by atoms with Gasteiger partial charge >= 0.3 is 0 Å². The van der Waals surface area contributed by atoms with Crippen molar-refractivity contribution < 1.29 is 0 Å². The molecule has 6 heteroatoms. The fourth-order valence-corrected chi connectivity index (χ4v) is 2.07. The van der Waals surface area contributed by atoms with Gasteiger partial charge in [0.05, 0.1) is 22.9 Å². The van der Waals surface area contributed by atoms with Crippen molar-refractivity contribution in [2.75, 3.05) is 11.9 Å². The summed E-state index contributed by atoms with van der Waals surface area (Å²) in [6.07, 6.45) is 0. The summed E-state index contributed by atoms with van der Waals surface area (Å²) in [5, 5.41) is 11.3. The Morgan fingerprint density at radius 1 is 1.29 bits per heavy atom. The van der Waals surface area contributed by atoms with Crippen LogP contribution in [0, 0.1) is 6.92 Å². The van der Waals surface area contributed by atoms with Crippen LogP contribution in [-0.4, -0.2) is 22.2 Å². The predicted molar refractivity (Wildman–Crippen MR) is 68.9 cm³/mol. The first-order chi connectivity index (χ1) is 8.19. The molecule has 0 atom stereocenters. The minimum Gasteiger partial charge on any atom is -0.352 e. The second kappa shape index (κ2) is 5.20. The molecule has 0 fully saturated rings. The number of hydrogen-bond donors (Lipinski definition) is 1. The number of hydrogen-bond acceptors (Lipinski definition) is 6. The van der Waals surface area contributed by atoms with E-state index in [0.29, 0.717) is 6.54 Å². The normalized spacial score (nSPS) is 10.5. The van der Waals surface area contributed by atoms with E-state index < -0.39 is 0 Å². The van der Waals surface area contributed by atoms with Crippen molar-refractivity contribution in [2.45, 2.75) is 20.0 Å². The molecule has 0 saturated carbocycles. The van der Waals surface area contributed by atoms with Gasteiger partial charge in [0.2, 0.25) is 0 Å². The highest BCUT2D eigenvalue weighted by atomic mass is 32.1. The van der Waals surface area contributed by atoms with Crippen LogP contribution in [0.5, 0.6) is 0 Å². The molecule has 0 radical (unpaired) electrons. The highest BCUT2D eigenvalue weighted by Crippen LogP contribution is 2.14. The van der Waals surface area contributed by atoms with Gasteiger partial charge in [-0.3, -0.25) is 0 Å². The summed E-state index contributed by atoms with van der Waals surface area (Å²) in [4.78, 5) is 6.43. The molecule has 0 aliphatic heterocycles. The molecule has 2 rings (SSSR count). The number of thiazole rings is 1. The van der Waals surface area contributed by atoms with Crippen LogP contribution >= 0.6 is 11.3 Å². The quantitative estimate of drug-likeness (QED) is 0.885. The van der Waals surface area contributed by atoms with Gasteiger partial charge in [-0.2, -0.15) is 5.10 Å². The van der Waals surface area contributed by atoms with Gasteiger partial charge in [0, 0.05) is 19.0 Å². The standard InChI is InChI=1S/C11H15N5S/c1-8-13-10(7-17-8)6-16(2)11-4-3-9(5-12)14-15-11/h3-4,7H,5-6,12H2,1-2H3. The fraction of sp³-hybridized carbons (Fsp3) is 0.364. The van der Waals surface area contributed by atoms with Gasteiger partial charge in [-0.25, -0.2) is 4.98 Å². The van der Waals surface area contributed by atoms with Crippen molar-refractivity contribution in [1.29, 1.82) is 0 Å². The van der Waals surface area contributed by atoms with Gasteiger partial charge < -0.3 is 10.6 Å². The molecule has 17 heavy (non-hydrogen) atoms. The lowest BCUT2D eigenvalue weighted by Gasteiger charge is -2.16. The third-order valence-electron chi connectivity index (χ3n) is 2.37. The Kier molecular flexibility index (Phi) is 3.65. The average Bonchev–Trinajstić information content (AvgIpc) is 2.75. The third kappa shape index (κ3) is 2.98. The van der Waals surface area contributed by atoms with Gasteiger partial charge in [-0.05, 0) is 19.1 Å². The van der Waals surface area contributed by atoms with Crippen LogP contribution in [0.3, 0.4) is 0 Å². The molecule has 0 bridgehead atoms. The number of nitrogens with zero attached hydrogens (tertiary/aromatic N) is 4. The van der Waals surface area contributed by atoms with Crippen molar-refractivity contribution >= 4 is 17.2 Å². The Morgan fingerprint density at radius 3 is 2.65 bits per heavy atom. The first-order valence-corrected chi connectivity index (χ1v) is 6.22. The van der Waals surface area contributed by atoms with Crippen molar-refractivity contribution in [3.8, 4) is 0 Å². The van der Waals surface area contributed by atoms with Crippen LogP contribution in [0.25, 0.3) is 0 Å². The van der Waals surface area contributed by atoms with E-state index in [1.165, 1.54) is 0 Å². The topological polar surface area (TPSA) is 67.9 Å². The smallest absolute Gasteiger partial charge is 0.151 e. The molecule has 0 unspecified atom stereocenters.